The maximum atomic E-state index is 4.60. The first-order valence-electron chi connectivity index (χ1n) is 5.82. The third-order valence-electron chi connectivity index (χ3n) is 2.45. The van der Waals surface area contributed by atoms with Crippen molar-refractivity contribution in [3.63, 3.8) is 0 Å². The van der Waals surface area contributed by atoms with Gasteiger partial charge in [-0.3, -0.25) is 0 Å². The number of aryl methyl sites for hydroxylation is 1. The SMILES string of the molecule is C[Si](C)(C)C#Cc1ccc2c(n1)CCCN2. The molecule has 0 saturated carbocycles. The first kappa shape index (κ1) is 11.2. The number of hydrogen-bond acceptors (Lipinski definition) is 2. The maximum Gasteiger partial charge on any atom is 0.129 e. The zero-order chi connectivity index (χ0) is 11.6. The Bertz CT molecular complexity index is 449. The fourth-order valence-electron chi connectivity index (χ4n) is 1.65. The lowest BCUT2D eigenvalue weighted by Crippen LogP contribution is -2.16. The summed E-state index contributed by atoms with van der Waals surface area (Å²) >= 11 is 0. The van der Waals surface area contributed by atoms with Crippen LogP contribution in [0.4, 0.5) is 5.69 Å². The molecule has 0 atom stereocenters. The molecule has 16 heavy (non-hydrogen) atoms. The van der Waals surface area contributed by atoms with Gasteiger partial charge in [-0.2, -0.15) is 0 Å². The largest absolute Gasteiger partial charge is 0.384 e. The minimum absolute atomic E-state index is 0.921. The average Bonchev–Trinajstić information content (AvgIpc) is 2.25. The van der Waals surface area contributed by atoms with Gasteiger partial charge in [-0.15, -0.1) is 5.54 Å². The minimum atomic E-state index is -1.29. The van der Waals surface area contributed by atoms with E-state index in [9.17, 15) is 0 Å². The number of anilines is 1. The molecule has 0 aromatic carbocycles. The lowest BCUT2D eigenvalue weighted by molar-refractivity contribution is 0.800. The summed E-state index contributed by atoms with van der Waals surface area (Å²) in [6.07, 6.45) is 2.25. The Labute approximate surface area is 98.5 Å². The zero-order valence-corrected chi connectivity index (χ0v) is 11.2. The number of nitrogens with one attached hydrogen (secondary N) is 1. The van der Waals surface area contributed by atoms with Crippen molar-refractivity contribution in [3.8, 4) is 11.5 Å². The Hall–Kier alpha value is -1.27. The molecule has 0 radical (unpaired) electrons. The van der Waals surface area contributed by atoms with Crippen molar-refractivity contribution >= 4 is 13.8 Å². The highest BCUT2D eigenvalue weighted by Gasteiger charge is 2.10. The normalized spacial score (nSPS) is 14.4. The molecule has 0 unspecified atom stereocenters. The van der Waals surface area contributed by atoms with Gasteiger partial charge >= 0.3 is 0 Å². The fraction of sp³-hybridized carbons (Fsp3) is 0.462. The molecule has 1 aliphatic heterocycles. The first-order valence-corrected chi connectivity index (χ1v) is 9.32. The van der Waals surface area contributed by atoms with Crippen molar-refractivity contribution in [2.24, 2.45) is 0 Å². The second-order valence-corrected chi connectivity index (χ2v) is 9.97. The smallest absolute Gasteiger partial charge is 0.129 e. The molecule has 1 N–H and O–H groups in total. The van der Waals surface area contributed by atoms with Gasteiger partial charge in [-0.25, -0.2) is 4.98 Å². The van der Waals surface area contributed by atoms with Crippen LogP contribution in [0.2, 0.25) is 19.6 Å². The summed E-state index contributed by atoms with van der Waals surface area (Å²) in [5.74, 6) is 3.21. The Morgan fingerprint density at radius 1 is 1.31 bits per heavy atom. The molecular weight excluding hydrogens is 212 g/mol. The Balaban J connectivity index is 2.26. The summed E-state index contributed by atoms with van der Waals surface area (Å²) < 4.78 is 0. The van der Waals surface area contributed by atoms with Crippen LogP contribution >= 0.6 is 0 Å². The second kappa shape index (κ2) is 4.30. The predicted octanol–water partition coefficient (Wildman–Crippen LogP) is 2.67. The van der Waals surface area contributed by atoms with E-state index >= 15 is 0 Å². The van der Waals surface area contributed by atoms with Gasteiger partial charge in [-0.05, 0) is 25.0 Å². The van der Waals surface area contributed by atoms with Crippen LogP contribution in [0.1, 0.15) is 17.8 Å². The number of rotatable bonds is 0. The number of hydrogen-bond donors (Lipinski definition) is 1. The van der Waals surface area contributed by atoms with E-state index in [1.54, 1.807) is 0 Å². The predicted molar refractivity (Wildman–Crippen MR) is 71.3 cm³/mol. The van der Waals surface area contributed by atoms with Crippen molar-refractivity contribution in [1.82, 2.24) is 4.98 Å². The van der Waals surface area contributed by atoms with Crippen LogP contribution in [-0.4, -0.2) is 19.6 Å². The third kappa shape index (κ3) is 2.86. The highest BCUT2D eigenvalue weighted by molar-refractivity contribution is 6.83. The molecule has 84 valence electrons. The van der Waals surface area contributed by atoms with Gasteiger partial charge in [0, 0.05) is 6.54 Å². The fourth-order valence-corrected chi connectivity index (χ4v) is 2.16. The van der Waals surface area contributed by atoms with Crippen molar-refractivity contribution in [3.05, 3.63) is 23.5 Å². The van der Waals surface area contributed by atoms with E-state index in [-0.39, 0.29) is 0 Å². The topological polar surface area (TPSA) is 24.9 Å². The van der Waals surface area contributed by atoms with Crippen LogP contribution in [0.25, 0.3) is 0 Å². The average molecular weight is 230 g/mol. The molecule has 2 rings (SSSR count). The molecule has 2 nitrogen and oxygen atoms in total. The van der Waals surface area contributed by atoms with E-state index in [0.717, 1.165) is 18.7 Å². The third-order valence-corrected chi connectivity index (χ3v) is 3.32. The Morgan fingerprint density at radius 3 is 2.88 bits per heavy atom. The first-order chi connectivity index (χ1) is 7.54. The van der Waals surface area contributed by atoms with Crippen LogP contribution in [0.5, 0.6) is 0 Å². The van der Waals surface area contributed by atoms with Crippen LogP contribution in [0.15, 0.2) is 12.1 Å². The van der Waals surface area contributed by atoms with Crippen molar-refractivity contribution < 1.29 is 0 Å². The van der Waals surface area contributed by atoms with E-state index in [2.05, 4.69) is 47.5 Å². The summed E-state index contributed by atoms with van der Waals surface area (Å²) in [7, 11) is -1.29. The summed E-state index contributed by atoms with van der Waals surface area (Å²) in [5, 5.41) is 3.36. The molecule has 1 aromatic heterocycles. The monoisotopic (exact) mass is 230 g/mol. The molecular formula is C13H18N2Si. The molecule has 0 spiro atoms. The lowest BCUT2D eigenvalue weighted by Gasteiger charge is -2.16. The van der Waals surface area contributed by atoms with Crippen molar-refractivity contribution in [2.45, 2.75) is 32.5 Å². The highest BCUT2D eigenvalue weighted by Crippen LogP contribution is 2.19. The van der Waals surface area contributed by atoms with Crippen molar-refractivity contribution in [2.75, 3.05) is 11.9 Å². The van der Waals surface area contributed by atoms with Gasteiger partial charge in [0.15, 0.2) is 0 Å². The van der Waals surface area contributed by atoms with Gasteiger partial charge in [0.1, 0.15) is 13.8 Å². The van der Waals surface area contributed by atoms with E-state index in [0.29, 0.717) is 0 Å². The van der Waals surface area contributed by atoms with Gasteiger partial charge in [0.2, 0.25) is 0 Å². The summed E-state index contributed by atoms with van der Waals surface area (Å²) in [4.78, 5) is 4.60. The lowest BCUT2D eigenvalue weighted by atomic mass is 10.1. The van der Waals surface area contributed by atoms with Crippen LogP contribution in [0.3, 0.4) is 0 Å². The number of pyridine rings is 1. The maximum absolute atomic E-state index is 4.60. The zero-order valence-electron chi connectivity index (χ0n) is 10.2. The molecule has 3 heteroatoms. The van der Waals surface area contributed by atoms with E-state index < -0.39 is 8.07 Å². The molecule has 0 saturated heterocycles. The molecule has 0 bridgehead atoms. The van der Waals surface area contributed by atoms with Gasteiger partial charge in [0.05, 0.1) is 11.4 Å². The summed E-state index contributed by atoms with van der Waals surface area (Å²) in [6, 6.07) is 4.13. The number of aromatic nitrogens is 1. The molecule has 0 aliphatic carbocycles. The van der Waals surface area contributed by atoms with Crippen molar-refractivity contribution in [1.29, 1.82) is 0 Å². The Kier molecular flexibility index (Phi) is 3.02. The van der Waals surface area contributed by atoms with E-state index in [1.165, 1.54) is 17.8 Å². The number of nitrogens with zero attached hydrogens (tertiary/aromatic N) is 1. The van der Waals surface area contributed by atoms with Gasteiger partial charge in [0.25, 0.3) is 0 Å². The molecule has 1 aliphatic rings. The minimum Gasteiger partial charge on any atom is -0.384 e. The molecule has 0 fully saturated rings. The van der Waals surface area contributed by atoms with Crippen LogP contribution in [0, 0.1) is 11.5 Å². The second-order valence-electron chi connectivity index (χ2n) is 5.22. The van der Waals surface area contributed by atoms with E-state index in [4.69, 9.17) is 0 Å². The quantitative estimate of drug-likeness (QED) is 0.547. The standard InChI is InChI=1S/C13H18N2Si/c1-16(2,3)10-8-11-6-7-12-13(15-11)5-4-9-14-12/h6-7,14H,4-5,9H2,1-3H3. The number of fused-ring (bicyclic) bond motifs is 1. The summed E-state index contributed by atoms with van der Waals surface area (Å²) in [5.41, 5.74) is 6.63. The summed E-state index contributed by atoms with van der Waals surface area (Å²) in [6.45, 7) is 7.81. The van der Waals surface area contributed by atoms with Gasteiger partial charge in [-0.1, -0.05) is 25.6 Å². The molecule has 0 amide bonds. The molecule has 2 heterocycles. The Morgan fingerprint density at radius 2 is 2.12 bits per heavy atom. The van der Waals surface area contributed by atoms with Gasteiger partial charge < -0.3 is 5.32 Å². The molecule has 1 aromatic rings. The van der Waals surface area contributed by atoms with E-state index in [1.807, 2.05) is 6.07 Å². The van der Waals surface area contributed by atoms with Crippen LogP contribution in [-0.2, 0) is 6.42 Å². The highest BCUT2D eigenvalue weighted by atomic mass is 28.3. The van der Waals surface area contributed by atoms with Crippen LogP contribution < -0.4 is 5.32 Å².